The lowest BCUT2D eigenvalue weighted by molar-refractivity contribution is 0.106. The highest BCUT2D eigenvalue weighted by Gasteiger charge is 2.01. The van der Waals surface area contributed by atoms with Gasteiger partial charge in [0, 0.05) is 5.56 Å². The molecule has 0 aliphatic carbocycles. The van der Waals surface area contributed by atoms with Gasteiger partial charge in [-0.15, -0.1) is 0 Å². The van der Waals surface area contributed by atoms with E-state index < -0.39 is 0 Å². The molecule has 2 nitrogen and oxygen atoms in total. The highest BCUT2D eigenvalue weighted by atomic mass is 16.5. The maximum absolute atomic E-state index is 10.8. The van der Waals surface area contributed by atoms with Crippen LogP contribution in [0.1, 0.15) is 32.6 Å². The molecule has 0 saturated carbocycles. The number of rotatable bonds is 5. The summed E-state index contributed by atoms with van der Waals surface area (Å²) in [4.78, 5) is 10.8. The fourth-order valence-corrected chi connectivity index (χ4v) is 1.88. The average molecular weight is 254 g/mol. The van der Waals surface area contributed by atoms with Gasteiger partial charge in [-0.05, 0) is 36.6 Å². The zero-order chi connectivity index (χ0) is 13.7. The Kier molecular flexibility index (Phi) is 4.48. The summed E-state index contributed by atoms with van der Waals surface area (Å²) in [6.45, 7) is 5.21. The molecule has 0 heterocycles. The number of hydrogen-bond donors (Lipinski definition) is 0. The third-order valence-electron chi connectivity index (χ3n) is 3.16. The van der Waals surface area contributed by atoms with Crippen LogP contribution < -0.4 is 0 Å². The monoisotopic (exact) mass is 254 g/mol. The number of benzene rings is 2. The predicted molar refractivity (Wildman–Crippen MR) is 76.2 cm³/mol. The van der Waals surface area contributed by atoms with Gasteiger partial charge in [-0.1, -0.05) is 42.0 Å². The van der Waals surface area contributed by atoms with Crippen LogP contribution in [0.2, 0.25) is 0 Å². The average Bonchev–Trinajstić information content (AvgIpc) is 2.43. The molecule has 0 saturated heterocycles. The first-order valence-electron chi connectivity index (χ1n) is 6.37. The Bertz CT molecular complexity index is 556. The molecule has 0 aliphatic rings. The molecule has 0 spiro atoms. The summed E-state index contributed by atoms with van der Waals surface area (Å²) >= 11 is 0. The molecule has 0 amide bonds. The lowest BCUT2D eigenvalue weighted by atomic mass is 10.1. The van der Waals surface area contributed by atoms with Crippen molar-refractivity contribution in [3.8, 4) is 0 Å². The van der Waals surface area contributed by atoms with E-state index in [-0.39, 0.29) is 0 Å². The zero-order valence-corrected chi connectivity index (χ0v) is 11.3. The molecule has 0 radical (unpaired) electrons. The van der Waals surface area contributed by atoms with E-state index in [9.17, 15) is 4.79 Å². The smallest absolute Gasteiger partial charge is 0.150 e. The van der Waals surface area contributed by atoms with Crippen molar-refractivity contribution in [1.29, 1.82) is 0 Å². The van der Waals surface area contributed by atoms with E-state index in [1.807, 2.05) is 25.1 Å². The predicted octanol–water partition coefficient (Wildman–Crippen LogP) is 3.83. The summed E-state index contributed by atoms with van der Waals surface area (Å²) in [5, 5.41) is 0. The largest absolute Gasteiger partial charge is 0.372 e. The number of ether oxygens (including phenoxy) is 1. The molecule has 0 bridgehead atoms. The van der Waals surface area contributed by atoms with E-state index in [0.717, 1.165) is 23.0 Å². The van der Waals surface area contributed by atoms with Gasteiger partial charge in [0.25, 0.3) is 0 Å². The molecular weight excluding hydrogens is 236 g/mol. The van der Waals surface area contributed by atoms with E-state index in [1.54, 1.807) is 0 Å². The zero-order valence-electron chi connectivity index (χ0n) is 11.3. The van der Waals surface area contributed by atoms with E-state index in [0.29, 0.717) is 18.8 Å². The van der Waals surface area contributed by atoms with Gasteiger partial charge >= 0.3 is 0 Å². The fourth-order valence-electron chi connectivity index (χ4n) is 1.88. The third kappa shape index (κ3) is 3.76. The van der Waals surface area contributed by atoms with Gasteiger partial charge in [0.15, 0.2) is 0 Å². The minimum Gasteiger partial charge on any atom is -0.372 e. The lowest BCUT2D eigenvalue weighted by Crippen LogP contribution is -1.97. The second-order valence-corrected chi connectivity index (χ2v) is 4.78. The van der Waals surface area contributed by atoms with Crippen molar-refractivity contribution < 1.29 is 9.53 Å². The van der Waals surface area contributed by atoms with Gasteiger partial charge < -0.3 is 4.74 Å². The van der Waals surface area contributed by atoms with Crippen LogP contribution in [-0.4, -0.2) is 6.29 Å². The molecule has 0 N–H and O–H groups in total. The molecule has 0 unspecified atom stereocenters. The van der Waals surface area contributed by atoms with Gasteiger partial charge in [0.2, 0.25) is 0 Å². The van der Waals surface area contributed by atoms with Gasteiger partial charge in [0.05, 0.1) is 13.2 Å². The van der Waals surface area contributed by atoms with Crippen molar-refractivity contribution in [1.82, 2.24) is 0 Å². The summed E-state index contributed by atoms with van der Waals surface area (Å²) in [6.07, 6.45) is 0.864. The van der Waals surface area contributed by atoms with Crippen molar-refractivity contribution in [2.24, 2.45) is 0 Å². The van der Waals surface area contributed by atoms with Gasteiger partial charge in [0.1, 0.15) is 6.29 Å². The Morgan fingerprint density at radius 2 is 1.74 bits per heavy atom. The van der Waals surface area contributed by atoms with Crippen molar-refractivity contribution in [3.05, 3.63) is 70.3 Å². The van der Waals surface area contributed by atoms with Gasteiger partial charge in [-0.3, -0.25) is 4.79 Å². The standard InChI is InChI=1S/C17H18O2/c1-13-3-6-15(7-4-13)11-19-12-17-9-16(10-18)8-5-14(17)2/h3-10H,11-12H2,1-2H3. The maximum Gasteiger partial charge on any atom is 0.150 e. The Hall–Kier alpha value is -1.93. The van der Waals surface area contributed by atoms with Crippen molar-refractivity contribution in [2.45, 2.75) is 27.1 Å². The summed E-state index contributed by atoms with van der Waals surface area (Å²) < 4.78 is 5.71. The molecule has 0 aromatic heterocycles. The quantitative estimate of drug-likeness (QED) is 0.758. The maximum atomic E-state index is 10.8. The van der Waals surface area contributed by atoms with E-state index in [1.165, 1.54) is 5.56 Å². The van der Waals surface area contributed by atoms with Crippen LogP contribution >= 0.6 is 0 Å². The molecule has 2 aromatic carbocycles. The highest BCUT2D eigenvalue weighted by molar-refractivity contribution is 5.75. The number of hydrogen-bond acceptors (Lipinski definition) is 2. The summed E-state index contributed by atoms with van der Waals surface area (Å²) in [5.41, 5.74) is 5.32. The number of aldehydes is 1. The van der Waals surface area contributed by atoms with Crippen LogP contribution in [0.3, 0.4) is 0 Å². The van der Waals surface area contributed by atoms with Crippen LogP contribution in [0.4, 0.5) is 0 Å². The number of carbonyl (C=O) groups is 1. The Labute approximate surface area is 114 Å². The fraction of sp³-hybridized carbons (Fsp3) is 0.235. The minimum absolute atomic E-state index is 0.529. The first-order valence-corrected chi connectivity index (χ1v) is 6.37. The van der Waals surface area contributed by atoms with Gasteiger partial charge in [-0.2, -0.15) is 0 Å². The van der Waals surface area contributed by atoms with Crippen LogP contribution in [0.15, 0.2) is 42.5 Å². The first kappa shape index (κ1) is 13.5. The van der Waals surface area contributed by atoms with E-state index in [4.69, 9.17) is 4.74 Å². The van der Waals surface area contributed by atoms with E-state index in [2.05, 4.69) is 31.2 Å². The summed E-state index contributed by atoms with van der Waals surface area (Å²) in [5.74, 6) is 0. The molecule has 0 atom stereocenters. The molecule has 98 valence electrons. The molecule has 0 fully saturated rings. The molecule has 0 aliphatic heterocycles. The second-order valence-electron chi connectivity index (χ2n) is 4.78. The Morgan fingerprint density at radius 1 is 1.00 bits per heavy atom. The van der Waals surface area contributed by atoms with Crippen LogP contribution in [0, 0.1) is 13.8 Å². The molecule has 19 heavy (non-hydrogen) atoms. The summed E-state index contributed by atoms with van der Waals surface area (Å²) in [7, 11) is 0. The van der Waals surface area contributed by atoms with Crippen LogP contribution in [0.25, 0.3) is 0 Å². The SMILES string of the molecule is Cc1ccc(COCc2cc(C=O)ccc2C)cc1. The first-order chi connectivity index (χ1) is 9.19. The van der Waals surface area contributed by atoms with Crippen molar-refractivity contribution in [2.75, 3.05) is 0 Å². The van der Waals surface area contributed by atoms with Crippen LogP contribution in [-0.2, 0) is 18.0 Å². The van der Waals surface area contributed by atoms with E-state index >= 15 is 0 Å². The minimum atomic E-state index is 0.529. The molecule has 2 heteroatoms. The lowest BCUT2D eigenvalue weighted by Gasteiger charge is -2.08. The third-order valence-corrected chi connectivity index (χ3v) is 3.16. The second kappa shape index (κ2) is 6.30. The van der Waals surface area contributed by atoms with Gasteiger partial charge in [-0.25, -0.2) is 0 Å². The molecular formula is C17H18O2. The van der Waals surface area contributed by atoms with Crippen LogP contribution in [0.5, 0.6) is 0 Å². The Balaban J connectivity index is 1.95. The number of carbonyl (C=O) groups excluding carboxylic acids is 1. The Morgan fingerprint density at radius 3 is 2.42 bits per heavy atom. The summed E-state index contributed by atoms with van der Waals surface area (Å²) in [6, 6.07) is 14.0. The topological polar surface area (TPSA) is 26.3 Å². The number of aryl methyl sites for hydroxylation is 2. The highest BCUT2D eigenvalue weighted by Crippen LogP contribution is 2.13. The van der Waals surface area contributed by atoms with Crippen molar-refractivity contribution >= 4 is 6.29 Å². The normalized spacial score (nSPS) is 10.4. The molecule has 2 aromatic rings. The van der Waals surface area contributed by atoms with Crippen molar-refractivity contribution in [3.63, 3.8) is 0 Å². The molecule has 2 rings (SSSR count).